The van der Waals surface area contributed by atoms with Crippen LogP contribution in [0.15, 0.2) is 0 Å². The van der Waals surface area contributed by atoms with Gasteiger partial charge in [-0.1, -0.05) is 13.8 Å². The Balaban J connectivity index is 0.00000196. The summed E-state index contributed by atoms with van der Waals surface area (Å²) in [5.74, 6) is 0.0502. The maximum Gasteiger partial charge on any atom is 0.234 e. The van der Waals surface area contributed by atoms with Gasteiger partial charge in [-0.25, -0.2) is 0 Å². The molecule has 0 bridgehead atoms. The van der Waals surface area contributed by atoms with Crippen molar-refractivity contribution in [2.75, 3.05) is 19.7 Å². The molecule has 1 unspecified atom stereocenters. The SMILES string of the molecule is CC(C)NCC(=O)NCC1CCCO1.Cl. The van der Waals surface area contributed by atoms with Crippen molar-refractivity contribution in [2.24, 2.45) is 0 Å². The van der Waals surface area contributed by atoms with E-state index in [-0.39, 0.29) is 24.4 Å². The van der Waals surface area contributed by atoms with E-state index in [4.69, 9.17) is 4.74 Å². The van der Waals surface area contributed by atoms with Gasteiger partial charge >= 0.3 is 0 Å². The lowest BCUT2D eigenvalue weighted by atomic mass is 10.2. The fourth-order valence-corrected chi connectivity index (χ4v) is 1.39. The smallest absolute Gasteiger partial charge is 0.234 e. The lowest BCUT2D eigenvalue weighted by molar-refractivity contribution is -0.120. The number of hydrogen-bond acceptors (Lipinski definition) is 3. The minimum absolute atomic E-state index is 0. The number of nitrogens with one attached hydrogen (secondary N) is 2. The van der Waals surface area contributed by atoms with Crippen molar-refractivity contribution in [3.05, 3.63) is 0 Å². The summed E-state index contributed by atoms with van der Waals surface area (Å²) < 4.78 is 5.39. The highest BCUT2D eigenvalue weighted by Crippen LogP contribution is 2.10. The van der Waals surface area contributed by atoms with Gasteiger partial charge in [0.05, 0.1) is 12.6 Å². The summed E-state index contributed by atoms with van der Waals surface area (Å²) in [4.78, 5) is 11.3. The summed E-state index contributed by atoms with van der Waals surface area (Å²) in [6.45, 7) is 5.93. The monoisotopic (exact) mass is 236 g/mol. The van der Waals surface area contributed by atoms with E-state index in [2.05, 4.69) is 10.6 Å². The summed E-state index contributed by atoms with van der Waals surface area (Å²) in [5.41, 5.74) is 0. The van der Waals surface area contributed by atoms with E-state index in [1.165, 1.54) is 0 Å². The number of hydrogen-bond donors (Lipinski definition) is 2. The number of carbonyl (C=O) groups excluding carboxylic acids is 1. The number of ether oxygens (including phenoxy) is 1. The van der Waals surface area contributed by atoms with Crippen LogP contribution in [0.4, 0.5) is 0 Å². The van der Waals surface area contributed by atoms with Crippen molar-refractivity contribution in [1.29, 1.82) is 0 Å². The van der Waals surface area contributed by atoms with Crippen LogP contribution < -0.4 is 10.6 Å². The first-order valence-electron chi connectivity index (χ1n) is 5.30. The molecule has 1 rings (SSSR count). The summed E-state index contributed by atoms with van der Waals surface area (Å²) in [7, 11) is 0. The minimum atomic E-state index is 0. The molecular formula is C10H21ClN2O2. The Bertz CT molecular complexity index is 182. The van der Waals surface area contributed by atoms with E-state index in [1.807, 2.05) is 13.8 Å². The third-order valence-electron chi connectivity index (χ3n) is 2.22. The Hall–Kier alpha value is -0.320. The van der Waals surface area contributed by atoms with Gasteiger partial charge in [0.25, 0.3) is 0 Å². The molecule has 0 aromatic rings. The Morgan fingerprint density at radius 3 is 2.80 bits per heavy atom. The molecule has 1 saturated heterocycles. The van der Waals surface area contributed by atoms with Crippen molar-refractivity contribution in [3.63, 3.8) is 0 Å². The zero-order chi connectivity index (χ0) is 10.4. The molecule has 15 heavy (non-hydrogen) atoms. The topological polar surface area (TPSA) is 50.4 Å². The second kappa shape index (κ2) is 7.91. The van der Waals surface area contributed by atoms with Crippen molar-refractivity contribution in [1.82, 2.24) is 10.6 Å². The number of rotatable bonds is 5. The lowest BCUT2D eigenvalue weighted by Crippen LogP contribution is -2.39. The van der Waals surface area contributed by atoms with Crippen molar-refractivity contribution < 1.29 is 9.53 Å². The second-order valence-electron chi connectivity index (χ2n) is 3.97. The third kappa shape index (κ3) is 6.71. The van der Waals surface area contributed by atoms with Gasteiger partial charge in [-0.15, -0.1) is 12.4 Å². The zero-order valence-corrected chi connectivity index (χ0v) is 10.2. The molecule has 0 aromatic carbocycles. The van der Waals surface area contributed by atoms with Crippen LogP contribution in [-0.4, -0.2) is 37.7 Å². The first-order valence-corrected chi connectivity index (χ1v) is 5.30. The highest BCUT2D eigenvalue weighted by Gasteiger charge is 2.15. The fraction of sp³-hybridized carbons (Fsp3) is 0.900. The van der Waals surface area contributed by atoms with Gasteiger partial charge < -0.3 is 15.4 Å². The molecule has 90 valence electrons. The highest BCUT2D eigenvalue weighted by molar-refractivity contribution is 5.85. The number of carbonyl (C=O) groups is 1. The molecule has 1 aliphatic heterocycles. The molecule has 1 amide bonds. The second-order valence-corrected chi connectivity index (χ2v) is 3.97. The Labute approximate surface area is 97.5 Å². The zero-order valence-electron chi connectivity index (χ0n) is 9.41. The third-order valence-corrected chi connectivity index (χ3v) is 2.22. The quantitative estimate of drug-likeness (QED) is 0.739. The summed E-state index contributed by atoms with van der Waals surface area (Å²) in [5, 5.41) is 5.92. The standard InChI is InChI=1S/C10H20N2O2.ClH/c1-8(2)11-7-10(13)12-6-9-4-3-5-14-9;/h8-9,11H,3-7H2,1-2H3,(H,12,13);1H. The van der Waals surface area contributed by atoms with Crippen LogP contribution in [0.25, 0.3) is 0 Å². The number of halogens is 1. The summed E-state index contributed by atoms with van der Waals surface area (Å²) >= 11 is 0. The average molecular weight is 237 g/mol. The molecule has 4 nitrogen and oxygen atoms in total. The van der Waals surface area contributed by atoms with E-state index in [1.54, 1.807) is 0 Å². The molecule has 1 fully saturated rings. The maximum atomic E-state index is 11.3. The lowest BCUT2D eigenvalue weighted by Gasteiger charge is -2.12. The average Bonchev–Trinajstić information content (AvgIpc) is 2.63. The van der Waals surface area contributed by atoms with Crippen LogP contribution in [0, 0.1) is 0 Å². The first-order chi connectivity index (χ1) is 6.68. The van der Waals surface area contributed by atoms with Crippen LogP contribution in [0.1, 0.15) is 26.7 Å². The van der Waals surface area contributed by atoms with Crippen molar-refractivity contribution in [3.8, 4) is 0 Å². The summed E-state index contributed by atoms with van der Waals surface area (Å²) in [6.07, 6.45) is 2.42. The van der Waals surface area contributed by atoms with Gasteiger partial charge in [0, 0.05) is 19.2 Å². The van der Waals surface area contributed by atoms with E-state index < -0.39 is 0 Å². The highest BCUT2D eigenvalue weighted by atomic mass is 35.5. The van der Waals surface area contributed by atoms with E-state index in [0.29, 0.717) is 19.1 Å². The van der Waals surface area contributed by atoms with E-state index >= 15 is 0 Å². The van der Waals surface area contributed by atoms with E-state index in [0.717, 1.165) is 19.4 Å². The van der Waals surface area contributed by atoms with E-state index in [9.17, 15) is 4.79 Å². The predicted octanol–water partition coefficient (Wildman–Crippen LogP) is 0.701. The van der Waals surface area contributed by atoms with Crippen molar-refractivity contribution >= 4 is 18.3 Å². The van der Waals surface area contributed by atoms with Gasteiger partial charge in [0.2, 0.25) is 5.91 Å². The predicted molar refractivity (Wildman–Crippen MR) is 62.4 cm³/mol. The largest absolute Gasteiger partial charge is 0.376 e. The molecule has 2 N–H and O–H groups in total. The van der Waals surface area contributed by atoms with Gasteiger partial charge in [-0.05, 0) is 12.8 Å². The van der Waals surface area contributed by atoms with Crippen molar-refractivity contribution in [2.45, 2.75) is 38.8 Å². The molecule has 0 saturated carbocycles. The van der Waals surface area contributed by atoms with Crippen LogP contribution in [0.5, 0.6) is 0 Å². The molecular weight excluding hydrogens is 216 g/mol. The molecule has 0 aliphatic carbocycles. The summed E-state index contributed by atoms with van der Waals surface area (Å²) in [6, 6.07) is 0.350. The molecule has 1 atom stereocenters. The maximum absolute atomic E-state index is 11.3. The van der Waals surface area contributed by atoms with Gasteiger partial charge in [0.15, 0.2) is 0 Å². The molecule has 0 radical (unpaired) electrons. The molecule has 0 aromatic heterocycles. The Morgan fingerprint density at radius 1 is 1.53 bits per heavy atom. The van der Waals surface area contributed by atoms with Gasteiger partial charge in [0.1, 0.15) is 0 Å². The van der Waals surface area contributed by atoms with Crippen LogP contribution in [0.3, 0.4) is 0 Å². The van der Waals surface area contributed by atoms with Gasteiger partial charge in [-0.3, -0.25) is 4.79 Å². The van der Waals surface area contributed by atoms with Crippen LogP contribution in [-0.2, 0) is 9.53 Å². The molecule has 1 heterocycles. The normalized spacial score (nSPS) is 20.1. The molecule has 1 aliphatic rings. The fourth-order valence-electron chi connectivity index (χ4n) is 1.39. The number of amides is 1. The Morgan fingerprint density at radius 2 is 2.27 bits per heavy atom. The van der Waals surface area contributed by atoms with Crippen LogP contribution in [0.2, 0.25) is 0 Å². The Kier molecular flexibility index (Phi) is 7.74. The van der Waals surface area contributed by atoms with Crippen LogP contribution >= 0.6 is 12.4 Å². The molecule has 0 spiro atoms. The van der Waals surface area contributed by atoms with Gasteiger partial charge in [-0.2, -0.15) is 0 Å². The molecule has 5 heteroatoms. The minimum Gasteiger partial charge on any atom is -0.376 e. The first kappa shape index (κ1) is 14.7.